The first kappa shape index (κ1) is 13.1. The first-order valence-electron chi connectivity index (χ1n) is 5.86. The van der Waals surface area contributed by atoms with Crippen LogP contribution in [0.4, 0.5) is 11.6 Å². The molecule has 2 N–H and O–H groups in total. The Bertz CT molecular complexity index is 548. The number of rotatable bonds is 6. The molecular formula is C13H14N2O4. The van der Waals surface area contributed by atoms with E-state index in [4.69, 9.17) is 9.52 Å². The lowest BCUT2D eigenvalue weighted by Crippen LogP contribution is -1.98. The van der Waals surface area contributed by atoms with Crippen molar-refractivity contribution in [3.05, 3.63) is 57.8 Å². The summed E-state index contributed by atoms with van der Waals surface area (Å²) in [4.78, 5) is 9.90. The van der Waals surface area contributed by atoms with Crippen LogP contribution in [0.1, 0.15) is 11.3 Å². The van der Waals surface area contributed by atoms with Crippen molar-refractivity contribution in [3.63, 3.8) is 0 Å². The lowest BCUT2D eigenvalue weighted by atomic mass is 10.1. The maximum Gasteiger partial charge on any atom is 0.433 e. The van der Waals surface area contributed by atoms with Crippen LogP contribution in [-0.4, -0.2) is 16.6 Å². The SMILES string of the molecule is O=[N+]([O-])c1ccc(CNc2ccc(CCO)cc2)o1. The number of benzene rings is 1. The molecule has 1 heterocycles. The average Bonchev–Trinajstić information content (AvgIpc) is 2.87. The number of hydrogen-bond acceptors (Lipinski definition) is 5. The zero-order valence-electron chi connectivity index (χ0n) is 10.2. The van der Waals surface area contributed by atoms with Crippen LogP contribution in [-0.2, 0) is 13.0 Å². The third-order valence-corrected chi connectivity index (χ3v) is 2.65. The number of furan rings is 1. The summed E-state index contributed by atoms with van der Waals surface area (Å²) in [5, 5.41) is 22.4. The van der Waals surface area contributed by atoms with Crippen LogP contribution in [0.2, 0.25) is 0 Å². The lowest BCUT2D eigenvalue weighted by molar-refractivity contribution is -0.402. The maximum atomic E-state index is 10.5. The molecule has 0 bridgehead atoms. The van der Waals surface area contributed by atoms with E-state index in [9.17, 15) is 10.1 Å². The number of nitro groups is 1. The quantitative estimate of drug-likeness (QED) is 0.616. The summed E-state index contributed by atoms with van der Waals surface area (Å²) in [5.41, 5.74) is 1.95. The van der Waals surface area contributed by atoms with E-state index in [2.05, 4.69) is 5.32 Å². The summed E-state index contributed by atoms with van der Waals surface area (Å²) in [5.74, 6) is 0.251. The van der Waals surface area contributed by atoms with Crippen molar-refractivity contribution < 1.29 is 14.4 Å². The third-order valence-electron chi connectivity index (χ3n) is 2.65. The summed E-state index contributed by atoms with van der Waals surface area (Å²) in [6, 6.07) is 10.5. The van der Waals surface area contributed by atoms with Gasteiger partial charge in [-0.3, -0.25) is 10.1 Å². The Kier molecular flexibility index (Phi) is 4.15. The summed E-state index contributed by atoms with van der Waals surface area (Å²) < 4.78 is 5.03. The summed E-state index contributed by atoms with van der Waals surface area (Å²) >= 11 is 0. The van der Waals surface area contributed by atoms with Gasteiger partial charge in [-0.1, -0.05) is 12.1 Å². The average molecular weight is 262 g/mol. The summed E-state index contributed by atoms with van der Waals surface area (Å²) in [7, 11) is 0. The predicted octanol–water partition coefficient (Wildman–Crippen LogP) is 2.33. The van der Waals surface area contributed by atoms with E-state index in [1.807, 2.05) is 24.3 Å². The van der Waals surface area contributed by atoms with Gasteiger partial charge in [-0.05, 0) is 30.2 Å². The maximum absolute atomic E-state index is 10.5. The molecule has 0 saturated carbocycles. The first-order chi connectivity index (χ1) is 9.19. The van der Waals surface area contributed by atoms with Gasteiger partial charge in [0.15, 0.2) is 0 Å². The smallest absolute Gasteiger partial charge is 0.404 e. The van der Waals surface area contributed by atoms with Crippen LogP contribution in [0.15, 0.2) is 40.8 Å². The molecular weight excluding hydrogens is 248 g/mol. The van der Waals surface area contributed by atoms with Gasteiger partial charge in [-0.25, -0.2) is 0 Å². The van der Waals surface area contributed by atoms with Crippen molar-refractivity contribution >= 4 is 11.6 Å². The molecule has 0 aliphatic rings. The fourth-order valence-corrected chi connectivity index (χ4v) is 1.67. The Labute approximate surface area is 109 Å². The van der Waals surface area contributed by atoms with Gasteiger partial charge in [-0.15, -0.1) is 0 Å². The zero-order valence-corrected chi connectivity index (χ0v) is 10.2. The minimum atomic E-state index is -0.562. The lowest BCUT2D eigenvalue weighted by Gasteiger charge is -2.05. The second-order valence-corrected chi connectivity index (χ2v) is 4.02. The number of anilines is 1. The van der Waals surface area contributed by atoms with E-state index in [0.29, 0.717) is 18.7 Å². The molecule has 0 aliphatic heterocycles. The van der Waals surface area contributed by atoms with Gasteiger partial charge in [-0.2, -0.15) is 0 Å². The van der Waals surface area contributed by atoms with Crippen molar-refractivity contribution in [2.75, 3.05) is 11.9 Å². The van der Waals surface area contributed by atoms with Crippen molar-refractivity contribution in [2.45, 2.75) is 13.0 Å². The number of hydrogen-bond donors (Lipinski definition) is 2. The Morgan fingerprint density at radius 1 is 1.21 bits per heavy atom. The Hall–Kier alpha value is -2.34. The van der Waals surface area contributed by atoms with Crippen LogP contribution in [0.3, 0.4) is 0 Å². The summed E-state index contributed by atoms with van der Waals surface area (Å²) in [6.45, 7) is 0.510. The molecule has 6 heteroatoms. The standard InChI is InChI=1S/C13H14N2O4/c16-8-7-10-1-3-11(4-2-10)14-9-12-5-6-13(19-12)15(17)18/h1-6,14,16H,7-9H2. The van der Waals surface area contributed by atoms with E-state index in [1.165, 1.54) is 6.07 Å². The van der Waals surface area contributed by atoms with Crippen molar-refractivity contribution in [1.29, 1.82) is 0 Å². The monoisotopic (exact) mass is 262 g/mol. The van der Waals surface area contributed by atoms with Crippen LogP contribution in [0.25, 0.3) is 0 Å². The predicted molar refractivity (Wildman–Crippen MR) is 69.9 cm³/mol. The fraction of sp³-hybridized carbons (Fsp3) is 0.231. The van der Waals surface area contributed by atoms with E-state index in [1.54, 1.807) is 6.07 Å². The second-order valence-electron chi connectivity index (χ2n) is 4.02. The number of nitrogens with zero attached hydrogens (tertiary/aromatic N) is 1. The highest BCUT2D eigenvalue weighted by Crippen LogP contribution is 2.17. The highest BCUT2D eigenvalue weighted by Gasteiger charge is 2.11. The van der Waals surface area contributed by atoms with Gasteiger partial charge in [0.05, 0.1) is 12.6 Å². The van der Waals surface area contributed by atoms with Gasteiger partial charge in [0.1, 0.15) is 10.7 Å². The van der Waals surface area contributed by atoms with Crippen LogP contribution < -0.4 is 5.32 Å². The van der Waals surface area contributed by atoms with Crippen LogP contribution in [0, 0.1) is 10.1 Å². The minimum absolute atomic E-state index is 0.128. The molecule has 0 fully saturated rings. The highest BCUT2D eigenvalue weighted by atomic mass is 16.6. The van der Waals surface area contributed by atoms with E-state index in [0.717, 1.165) is 11.3 Å². The van der Waals surface area contributed by atoms with Gasteiger partial charge in [0.25, 0.3) is 0 Å². The molecule has 2 aromatic rings. The second kappa shape index (κ2) is 6.01. The molecule has 0 spiro atoms. The number of nitrogens with one attached hydrogen (secondary N) is 1. The molecule has 1 aromatic carbocycles. The summed E-state index contributed by atoms with van der Waals surface area (Å²) in [6.07, 6.45) is 0.630. The fourth-order valence-electron chi connectivity index (χ4n) is 1.67. The van der Waals surface area contributed by atoms with Crippen molar-refractivity contribution in [1.82, 2.24) is 0 Å². The van der Waals surface area contributed by atoms with E-state index in [-0.39, 0.29) is 12.5 Å². The number of aliphatic hydroxyl groups excluding tert-OH is 1. The third kappa shape index (κ3) is 3.56. The van der Waals surface area contributed by atoms with Gasteiger partial charge >= 0.3 is 5.88 Å². The highest BCUT2D eigenvalue weighted by molar-refractivity contribution is 5.44. The Morgan fingerprint density at radius 3 is 2.53 bits per heavy atom. The first-order valence-corrected chi connectivity index (χ1v) is 5.86. The van der Waals surface area contributed by atoms with Crippen molar-refractivity contribution in [3.8, 4) is 0 Å². The Morgan fingerprint density at radius 2 is 1.95 bits per heavy atom. The molecule has 1 aromatic heterocycles. The molecule has 100 valence electrons. The van der Waals surface area contributed by atoms with E-state index >= 15 is 0 Å². The molecule has 0 saturated heterocycles. The topological polar surface area (TPSA) is 88.5 Å². The zero-order chi connectivity index (χ0) is 13.7. The molecule has 2 rings (SSSR count). The van der Waals surface area contributed by atoms with Crippen LogP contribution in [0.5, 0.6) is 0 Å². The number of aliphatic hydroxyl groups is 1. The van der Waals surface area contributed by atoms with Gasteiger partial charge in [0.2, 0.25) is 0 Å². The van der Waals surface area contributed by atoms with Gasteiger partial charge in [0, 0.05) is 12.3 Å². The molecule has 0 amide bonds. The normalized spacial score (nSPS) is 10.4. The Balaban J connectivity index is 1.92. The molecule has 19 heavy (non-hydrogen) atoms. The molecule has 0 atom stereocenters. The van der Waals surface area contributed by atoms with Crippen LogP contribution >= 0.6 is 0 Å². The molecule has 6 nitrogen and oxygen atoms in total. The molecule has 0 unspecified atom stereocenters. The minimum Gasteiger partial charge on any atom is -0.404 e. The molecule has 0 radical (unpaired) electrons. The van der Waals surface area contributed by atoms with E-state index < -0.39 is 4.92 Å². The molecule has 0 aliphatic carbocycles. The largest absolute Gasteiger partial charge is 0.433 e. The van der Waals surface area contributed by atoms with Crippen molar-refractivity contribution in [2.24, 2.45) is 0 Å². The van der Waals surface area contributed by atoms with Gasteiger partial charge < -0.3 is 14.8 Å².